The van der Waals surface area contributed by atoms with Crippen molar-refractivity contribution in [1.82, 2.24) is 4.90 Å². The zero-order valence-electron chi connectivity index (χ0n) is 14.5. The number of carboxylic acids is 1. The van der Waals surface area contributed by atoms with Crippen LogP contribution in [-0.2, 0) is 11.3 Å². The van der Waals surface area contributed by atoms with E-state index in [2.05, 4.69) is 5.32 Å². The molecule has 1 aromatic rings. The molecule has 0 aromatic heterocycles. The van der Waals surface area contributed by atoms with Gasteiger partial charge in [0.05, 0.1) is 26.4 Å². The number of ether oxygens (including phenoxy) is 2. The van der Waals surface area contributed by atoms with Gasteiger partial charge in [-0.1, -0.05) is 0 Å². The summed E-state index contributed by atoms with van der Waals surface area (Å²) in [6.07, 6.45) is 2.11. The van der Waals surface area contributed by atoms with E-state index < -0.39 is 18.1 Å². The third-order valence-electron chi connectivity index (χ3n) is 4.78. The maximum absolute atomic E-state index is 11.8. The van der Waals surface area contributed by atoms with E-state index in [0.717, 1.165) is 24.1 Å². The van der Waals surface area contributed by atoms with Crippen molar-refractivity contribution in [3.05, 3.63) is 17.7 Å². The van der Waals surface area contributed by atoms with Gasteiger partial charge in [-0.3, -0.25) is 9.69 Å². The maximum atomic E-state index is 11.8. The van der Waals surface area contributed by atoms with E-state index in [0.29, 0.717) is 31.0 Å². The highest BCUT2D eigenvalue weighted by molar-refractivity contribution is 5.79. The summed E-state index contributed by atoms with van der Waals surface area (Å²) in [5.41, 5.74) is 0.369. The molecule has 1 unspecified atom stereocenters. The zero-order chi connectivity index (χ0) is 17.7. The first-order valence-electron chi connectivity index (χ1n) is 8.04. The molecule has 1 fully saturated rings. The summed E-state index contributed by atoms with van der Waals surface area (Å²) >= 11 is 0. The van der Waals surface area contributed by atoms with Gasteiger partial charge < -0.3 is 25.0 Å². The number of carboxylic acid groups (broad SMARTS) is 1. The lowest BCUT2D eigenvalue weighted by Crippen LogP contribution is -2.59. The first-order valence-corrected chi connectivity index (χ1v) is 8.04. The molecule has 0 radical (unpaired) electrons. The van der Waals surface area contributed by atoms with Crippen molar-refractivity contribution in [1.29, 1.82) is 0 Å². The van der Waals surface area contributed by atoms with Gasteiger partial charge in [-0.15, -0.1) is 0 Å². The third-order valence-corrected chi connectivity index (χ3v) is 4.78. The molecule has 1 heterocycles. The van der Waals surface area contributed by atoms with Gasteiger partial charge in [-0.25, -0.2) is 0 Å². The lowest BCUT2D eigenvalue weighted by molar-refractivity contribution is -0.158. The molecule has 3 N–H and O–H groups in total. The first-order chi connectivity index (χ1) is 11.5. The van der Waals surface area contributed by atoms with Crippen molar-refractivity contribution in [2.45, 2.75) is 31.3 Å². The molecule has 0 spiro atoms. The molecule has 1 atom stereocenters. The second-order valence-electron chi connectivity index (χ2n) is 5.98. The molecule has 24 heavy (non-hydrogen) atoms. The van der Waals surface area contributed by atoms with E-state index in [1.807, 2.05) is 17.0 Å². The molecule has 0 aliphatic carbocycles. The van der Waals surface area contributed by atoms with Crippen molar-refractivity contribution in [2.24, 2.45) is 0 Å². The predicted molar refractivity (Wildman–Crippen MR) is 90.8 cm³/mol. The number of nitrogens with zero attached hydrogens (tertiary/aromatic N) is 1. The summed E-state index contributed by atoms with van der Waals surface area (Å²) in [4.78, 5) is 13.7. The van der Waals surface area contributed by atoms with Gasteiger partial charge in [0, 0.05) is 31.4 Å². The molecule has 1 aromatic carbocycles. The highest BCUT2D eigenvalue weighted by Crippen LogP contribution is 2.37. The van der Waals surface area contributed by atoms with E-state index in [9.17, 15) is 15.0 Å². The zero-order valence-corrected chi connectivity index (χ0v) is 14.5. The van der Waals surface area contributed by atoms with Crippen molar-refractivity contribution in [2.75, 3.05) is 39.7 Å². The Morgan fingerprint density at radius 1 is 1.29 bits per heavy atom. The predicted octanol–water partition coefficient (Wildman–Crippen LogP) is 1.55. The van der Waals surface area contributed by atoms with E-state index in [4.69, 9.17) is 9.47 Å². The van der Waals surface area contributed by atoms with Gasteiger partial charge in [0.15, 0.2) is 0 Å². The summed E-state index contributed by atoms with van der Waals surface area (Å²) in [5, 5.41) is 22.5. The van der Waals surface area contributed by atoms with E-state index in [1.165, 1.54) is 0 Å². The van der Waals surface area contributed by atoms with E-state index >= 15 is 0 Å². The highest BCUT2D eigenvalue weighted by Gasteiger charge is 2.45. The number of likely N-dealkylation sites (tertiary alicyclic amines) is 1. The normalized spacial score (nSPS) is 21.3. The number of nitrogens with one attached hydrogen (secondary N) is 1. The second kappa shape index (κ2) is 7.72. The molecule has 2 rings (SSSR count). The summed E-state index contributed by atoms with van der Waals surface area (Å²) in [7, 11) is 4.95. The van der Waals surface area contributed by atoms with Crippen LogP contribution in [0.15, 0.2) is 12.1 Å². The fourth-order valence-corrected chi connectivity index (χ4v) is 3.29. The number of benzene rings is 1. The summed E-state index contributed by atoms with van der Waals surface area (Å²) in [6, 6.07) is 3.70. The molecule has 134 valence electrons. The minimum absolute atomic E-state index is 0.337. The molecular formula is C17H26N2O5. The lowest BCUT2D eigenvalue weighted by atomic mass is 9.86. The molecule has 1 aliphatic heterocycles. The summed E-state index contributed by atoms with van der Waals surface area (Å²) < 4.78 is 11.0. The largest absolute Gasteiger partial charge is 0.496 e. The van der Waals surface area contributed by atoms with Crippen molar-refractivity contribution in [3.8, 4) is 11.5 Å². The number of aliphatic carboxylic acids is 1. The Bertz CT molecular complexity index is 567. The molecule has 1 saturated heterocycles. The topological polar surface area (TPSA) is 91.3 Å². The number of anilines is 1. The fourth-order valence-electron chi connectivity index (χ4n) is 3.29. The quantitative estimate of drug-likeness (QED) is 0.695. The smallest absolute Gasteiger partial charge is 0.326 e. The molecule has 7 nitrogen and oxygen atoms in total. The number of piperidine rings is 1. The molecule has 1 aliphatic rings. The van der Waals surface area contributed by atoms with Crippen LogP contribution in [0.25, 0.3) is 0 Å². The van der Waals surface area contributed by atoms with Crippen molar-refractivity contribution >= 4 is 11.7 Å². The Kier molecular flexibility index (Phi) is 5.90. The molecule has 0 bridgehead atoms. The van der Waals surface area contributed by atoms with Crippen LogP contribution in [0.2, 0.25) is 0 Å². The van der Waals surface area contributed by atoms with Crippen LogP contribution in [0.5, 0.6) is 11.5 Å². The van der Waals surface area contributed by atoms with Gasteiger partial charge in [-0.05, 0) is 25.8 Å². The van der Waals surface area contributed by atoms with Crippen molar-refractivity contribution < 1.29 is 24.5 Å². The van der Waals surface area contributed by atoms with Crippen LogP contribution in [0.4, 0.5) is 5.69 Å². The number of rotatable bonds is 7. The van der Waals surface area contributed by atoms with Gasteiger partial charge in [0.2, 0.25) is 0 Å². The van der Waals surface area contributed by atoms with Gasteiger partial charge in [0.25, 0.3) is 0 Å². The fraction of sp³-hybridized carbons (Fsp3) is 0.588. The number of hydrogen-bond acceptors (Lipinski definition) is 6. The van der Waals surface area contributed by atoms with Crippen LogP contribution in [0.3, 0.4) is 0 Å². The molecule has 0 saturated carbocycles. The minimum Gasteiger partial charge on any atom is -0.496 e. The Balaban J connectivity index is 2.43. The van der Waals surface area contributed by atoms with Crippen LogP contribution >= 0.6 is 0 Å². The van der Waals surface area contributed by atoms with Crippen LogP contribution in [0.1, 0.15) is 24.8 Å². The summed E-state index contributed by atoms with van der Waals surface area (Å²) in [5.74, 6) is 0.262. The van der Waals surface area contributed by atoms with Crippen molar-refractivity contribution in [3.63, 3.8) is 0 Å². The van der Waals surface area contributed by atoms with Crippen LogP contribution in [0, 0.1) is 0 Å². The Labute approximate surface area is 142 Å². The van der Waals surface area contributed by atoms with Crippen LogP contribution < -0.4 is 14.8 Å². The Morgan fingerprint density at radius 2 is 1.92 bits per heavy atom. The van der Waals surface area contributed by atoms with Crippen LogP contribution in [-0.4, -0.2) is 61.0 Å². The average molecular weight is 338 g/mol. The van der Waals surface area contributed by atoms with Gasteiger partial charge in [0.1, 0.15) is 17.0 Å². The number of hydrogen-bond donors (Lipinski definition) is 3. The third kappa shape index (κ3) is 3.27. The maximum Gasteiger partial charge on any atom is 0.326 e. The highest BCUT2D eigenvalue weighted by atomic mass is 16.5. The molecular weight excluding hydrogens is 312 g/mol. The second-order valence-corrected chi connectivity index (χ2v) is 5.98. The van der Waals surface area contributed by atoms with Gasteiger partial charge in [-0.2, -0.15) is 0 Å². The first kappa shape index (κ1) is 18.4. The standard InChI is InChI=1S/C17H26N2O5/c1-18-12-8-14(23-2)13(15(9-12)24-3)10-19-7-5-4-6-17(19,11-20)16(21)22/h8-9,18,20H,4-7,10-11H2,1-3H3,(H,21,22). The number of aliphatic hydroxyl groups is 1. The van der Waals surface area contributed by atoms with E-state index in [1.54, 1.807) is 21.3 Å². The SMILES string of the molecule is CNc1cc(OC)c(CN2CCCCC2(CO)C(=O)O)c(OC)c1. The number of methoxy groups -OCH3 is 2. The monoisotopic (exact) mass is 338 g/mol. The van der Waals surface area contributed by atoms with E-state index in [-0.39, 0.29) is 0 Å². The molecule has 0 amide bonds. The lowest BCUT2D eigenvalue weighted by Gasteiger charge is -2.43. The van der Waals surface area contributed by atoms with Gasteiger partial charge >= 0.3 is 5.97 Å². The Hall–Kier alpha value is -1.99. The Morgan fingerprint density at radius 3 is 2.38 bits per heavy atom. The summed E-state index contributed by atoms with van der Waals surface area (Å²) in [6.45, 7) is 0.526. The molecule has 7 heteroatoms. The minimum atomic E-state index is -1.25. The number of aliphatic hydroxyl groups excluding tert-OH is 1. The number of carbonyl (C=O) groups is 1. The average Bonchev–Trinajstić information content (AvgIpc) is 2.61.